The number of carboxylic acid groups (broad SMARTS) is 1. The highest BCUT2D eigenvalue weighted by Gasteiger charge is 2.41. The Morgan fingerprint density at radius 2 is 2.05 bits per heavy atom. The van der Waals surface area contributed by atoms with Crippen molar-refractivity contribution in [2.45, 2.75) is 37.6 Å². The zero-order valence-corrected chi connectivity index (χ0v) is 12.0. The van der Waals surface area contributed by atoms with Crippen LogP contribution in [0.2, 0.25) is 0 Å². The molecule has 2 N–H and O–H groups in total. The van der Waals surface area contributed by atoms with Gasteiger partial charge in [0.05, 0.1) is 30.5 Å². The molecule has 2 saturated heterocycles. The summed E-state index contributed by atoms with van der Waals surface area (Å²) < 4.78 is 11.9. The number of hydrogen-bond acceptors (Lipinski definition) is 4. The normalized spacial score (nSPS) is 24.3. The molecule has 0 amide bonds. The summed E-state index contributed by atoms with van der Waals surface area (Å²) in [5.41, 5.74) is 1.31. The summed E-state index contributed by atoms with van der Waals surface area (Å²) in [5.74, 6) is -0.903. The standard InChI is InChI=1S/C16H21NO4/c18-15(19)13-3-1-12(2-4-13)10-20-14-9-16(21-11-14)5-7-17-8-6-16/h1-4,14,17H,5-11H2,(H,18,19). The van der Waals surface area contributed by atoms with Gasteiger partial charge in [-0.3, -0.25) is 0 Å². The number of hydrogen-bond donors (Lipinski definition) is 2. The number of benzene rings is 1. The maximum atomic E-state index is 10.8. The Balaban J connectivity index is 1.50. The first-order chi connectivity index (χ1) is 10.2. The molecule has 21 heavy (non-hydrogen) atoms. The van der Waals surface area contributed by atoms with Gasteiger partial charge in [-0.25, -0.2) is 4.79 Å². The Hall–Kier alpha value is -1.43. The van der Waals surface area contributed by atoms with Crippen molar-refractivity contribution in [2.24, 2.45) is 0 Å². The summed E-state index contributed by atoms with van der Waals surface area (Å²) >= 11 is 0. The minimum atomic E-state index is -0.903. The van der Waals surface area contributed by atoms with E-state index in [0.29, 0.717) is 18.8 Å². The Bertz CT molecular complexity index is 494. The molecule has 1 unspecified atom stereocenters. The first-order valence-electron chi connectivity index (χ1n) is 7.45. The van der Waals surface area contributed by atoms with Gasteiger partial charge in [0.2, 0.25) is 0 Å². The van der Waals surface area contributed by atoms with Gasteiger partial charge in [0.1, 0.15) is 0 Å². The van der Waals surface area contributed by atoms with E-state index in [4.69, 9.17) is 14.6 Å². The molecule has 0 aromatic heterocycles. The van der Waals surface area contributed by atoms with E-state index in [1.54, 1.807) is 24.3 Å². The zero-order valence-electron chi connectivity index (χ0n) is 12.0. The van der Waals surface area contributed by atoms with Gasteiger partial charge >= 0.3 is 5.97 Å². The number of nitrogens with one attached hydrogen (secondary N) is 1. The molecule has 1 aromatic carbocycles. The minimum absolute atomic E-state index is 0.0169. The highest BCUT2D eigenvalue weighted by atomic mass is 16.6. The molecule has 0 aliphatic carbocycles. The van der Waals surface area contributed by atoms with E-state index >= 15 is 0 Å². The number of aromatic carboxylic acids is 1. The summed E-state index contributed by atoms with van der Waals surface area (Å²) in [6.45, 7) is 3.20. The Labute approximate surface area is 124 Å². The summed E-state index contributed by atoms with van der Waals surface area (Å²) in [4.78, 5) is 10.8. The maximum absolute atomic E-state index is 10.8. The predicted molar refractivity (Wildman–Crippen MR) is 77.4 cm³/mol. The van der Waals surface area contributed by atoms with Crippen LogP contribution in [0.15, 0.2) is 24.3 Å². The molecule has 0 radical (unpaired) electrons. The molecule has 0 saturated carbocycles. The van der Waals surface area contributed by atoms with Crippen molar-refractivity contribution in [3.63, 3.8) is 0 Å². The van der Waals surface area contributed by atoms with Gasteiger partial charge < -0.3 is 19.9 Å². The first kappa shape index (κ1) is 14.5. The number of carbonyl (C=O) groups is 1. The second-order valence-electron chi connectivity index (χ2n) is 5.88. The smallest absolute Gasteiger partial charge is 0.335 e. The lowest BCUT2D eigenvalue weighted by atomic mass is 9.89. The topological polar surface area (TPSA) is 67.8 Å². The fourth-order valence-corrected chi connectivity index (χ4v) is 3.10. The van der Waals surface area contributed by atoms with Crippen LogP contribution in [0.5, 0.6) is 0 Å². The van der Waals surface area contributed by atoms with E-state index < -0.39 is 5.97 Å². The lowest BCUT2D eigenvalue weighted by Crippen LogP contribution is -2.41. The molecule has 2 heterocycles. The molecule has 3 rings (SSSR count). The molecule has 2 aliphatic heterocycles. The molecule has 0 bridgehead atoms. The number of piperidine rings is 1. The van der Waals surface area contributed by atoms with E-state index in [9.17, 15) is 4.79 Å². The monoisotopic (exact) mass is 291 g/mol. The second-order valence-corrected chi connectivity index (χ2v) is 5.88. The van der Waals surface area contributed by atoms with Gasteiger partial charge in [-0.2, -0.15) is 0 Å². The third-order valence-corrected chi connectivity index (χ3v) is 4.38. The van der Waals surface area contributed by atoms with Gasteiger partial charge in [0.25, 0.3) is 0 Å². The lowest BCUT2D eigenvalue weighted by Gasteiger charge is -2.32. The van der Waals surface area contributed by atoms with Crippen molar-refractivity contribution >= 4 is 5.97 Å². The van der Waals surface area contributed by atoms with Crippen molar-refractivity contribution in [3.05, 3.63) is 35.4 Å². The van der Waals surface area contributed by atoms with Crippen molar-refractivity contribution in [2.75, 3.05) is 19.7 Å². The summed E-state index contributed by atoms with van der Waals surface area (Å²) in [5, 5.41) is 12.2. The van der Waals surface area contributed by atoms with Gasteiger partial charge in [-0.15, -0.1) is 0 Å². The van der Waals surface area contributed by atoms with Gasteiger partial charge in [0.15, 0.2) is 0 Å². The van der Waals surface area contributed by atoms with Crippen LogP contribution in [0, 0.1) is 0 Å². The lowest BCUT2D eigenvalue weighted by molar-refractivity contribution is -0.0240. The van der Waals surface area contributed by atoms with Crippen LogP contribution in [0.25, 0.3) is 0 Å². The predicted octanol–water partition coefficient (Wildman–Crippen LogP) is 1.81. The van der Waals surface area contributed by atoms with E-state index in [1.165, 1.54) is 0 Å². The van der Waals surface area contributed by atoms with Crippen LogP contribution in [-0.2, 0) is 16.1 Å². The molecule has 114 valence electrons. The van der Waals surface area contributed by atoms with Crippen LogP contribution < -0.4 is 5.32 Å². The van der Waals surface area contributed by atoms with Crippen LogP contribution >= 0.6 is 0 Å². The largest absolute Gasteiger partial charge is 0.478 e. The molecule has 1 aromatic rings. The minimum Gasteiger partial charge on any atom is -0.478 e. The van der Waals surface area contributed by atoms with E-state index in [-0.39, 0.29) is 11.7 Å². The molecule has 1 atom stereocenters. The Kier molecular flexibility index (Phi) is 4.24. The average Bonchev–Trinajstić information content (AvgIpc) is 2.89. The van der Waals surface area contributed by atoms with Gasteiger partial charge in [-0.05, 0) is 43.6 Å². The van der Waals surface area contributed by atoms with Crippen LogP contribution in [0.3, 0.4) is 0 Å². The number of ether oxygens (including phenoxy) is 2. The Morgan fingerprint density at radius 1 is 1.33 bits per heavy atom. The summed E-state index contributed by atoms with van der Waals surface area (Å²) in [6.07, 6.45) is 3.21. The molecule has 5 nitrogen and oxygen atoms in total. The molecule has 2 fully saturated rings. The molecule has 2 aliphatic rings. The zero-order chi connectivity index (χ0) is 14.7. The number of rotatable bonds is 4. The Morgan fingerprint density at radius 3 is 2.71 bits per heavy atom. The highest BCUT2D eigenvalue weighted by molar-refractivity contribution is 5.87. The average molecular weight is 291 g/mol. The van der Waals surface area contributed by atoms with Crippen molar-refractivity contribution in [1.82, 2.24) is 5.32 Å². The number of carboxylic acids is 1. The fourth-order valence-electron chi connectivity index (χ4n) is 3.10. The summed E-state index contributed by atoms with van der Waals surface area (Å²) in [6, 6.07) is 6.83. The maximum Gasteiger partial charge on any atom is 0.335 e. The molecular formula is C16H21NO4. The van der Waals surface area contributed by atoms with E-state index in [1.807, 2.05) is 0 Å². The molecule has 1 spiro atoms. The SMILES string of the molecule is O=C(O)c1ccc(COC2COC3(CCNCC3)C2)cc1. The van der Waals surface area contributed by atoms with Crippen LogP contribution in [0.4, 0.5) is 0 Å². The van der Waals surface area contributed by atoms with E-state index in [0.717, 1.165) is 37.9 Å². The quantitative estimate of drug-likeness (QED) is 0.885. The van der Waals surface area contributed by atoms with Crippen molar-refractivity contribution < 1.29 is 19.4 Å². The molecule has 5 heteroatoms. The molecular weight excluding hydrogens is 270 g/mol. The third kappa shape index (κ3) is 3.43. The first-order valence-corrected chi connectivity index (χ1v) is 7.45. The van der Waals surface area contributed by atoms with Crippen LogP contribution in [0.1, 0.15) is 35.2 Å². The second kappa shape index (κ2) is 6.13. The summed E-state index contributed by atoms with van der Waals surface area (Å²) in [7, 11) is 0. The van der Waals surface area contributed by atoms with Gasteiger partial charge in [0, 0.05) is 6.42 Å². The fraction of sp³-hybridized carbons (Fsp3) is 0.562. The highest BCUT2D eigenvalue weighted by Crippen LogP contribution is 2.35. The van der Waals surface area contributed by atoms with Crippen molar-refractivity contribution in [1.29, 1.82) is 0 Å². The van der Waals surface area contributed by atoms with E-state index in [2.05, 4.69) is 5.32 Å². The third-order valence-electron chi connectivity index (χ3n) is 4.38. The van der Waals surface area contributed by atoms with Crippen LogP contribution in [-0.4, -0.2) is 42.5 Å². The van der Waals surface area contributed by atoms with Gasteiger partial charge in [-0.1, -0.05) is 12.1 Å². The van der Waals surface area contributed by atoms with Crippen molar-refractivity contribution in [3.8, 4) is 0 Å².